The summed E-state index contributed by atoms with van der Waals surface area (Å²) in [6, 6.07) is 18.4. The van der Waals surface area contributed by atoms with Gasteiger partial charge in [-0.3, -0.25) is 4.90 Å². The van der Waals surface area contributed by atoms with E-state index in [-0.39, 0.29) is 0 Å². The molecule has 4 rings (SSSR count). The van der Waals surface area contributed by atoms with Gasteiger partial charge in [-0.2, -0.15) is 0 Å². The smallest absolute Gasteiger partial charge is 0.0579 e. The van der Waals surface area contributed by atoms with Crippen molar-refractivity contribution in [3.63, 3.8) is 0 Å². The zero-order valence-corrected chi connectivity index (χ0v) is 14.5. The number of hydrogen-bond acceptors (Lipinski definition) is 3. The predicted molar refractivity (Wildman–Crippen MR) is 99.2 cm³/mol. The van der Waals surface area contributed by atoms with Crippen molar-refractivity contribution in [2.24, 2.45) is 0 Å². The van der Waals surface area contributed by atoms with E-state index >= 15 is 0 Å². The van der Waals surface area contributed by atoms with Crippen LogP contribution in [-0.4, -0.2) is 49.6 Å². The Morgan fingerprint density at radius 1 is 0.958 bits per heavy atom. The van der Waals surface area contributed by atoms with E-state index < -0.39 is 0 Å². The lowest BCUT2D eigenvalue weighted by atomic mass is 9.89. The Morgan fingerprint density at radius 3 is 2.50 bits per heavy atom. The Hall–Kier alpha value is -1.68. The third-order valence-electron chi connectivity index (χ3n) is 5.42. The lowest BCUT2D eigenvalue weighted by Gasteiger charge is -2.32. The molecule has 0 spiro atoms. The summed E-state index contributed by atoms with van der Waals surface area (Å²) in [5.41, 5.74) is 5.73. The van der Waals surface area contributed by atoms with Gasteiger partial charge in [-0.05, 0) is 35.7 Å². The molecule has 1 fully saturated rings. The van der Waals surface area contributed by atoms with Crippen LogP contribution in [0.5, 0.6) is 0 Å². The van der Waals surface area contributed by atoms with E-state index in [4.69, 9.17) is 0 Å². The fourth-order valence-corrected chi connectivity index (χ4v) is 3.88. The molecule has 1 N–H and O–H groups in total. The van der Waals surface area contributed by atoms with Crippen molar-refractivity contribution in [2.75, 3.05) is 39.8 Å². The van der Waals surface area contributed by atoms with Crippen LogP contribution in [0.3, 0.4) is 0 Å². The third kappa shape index (κ3) is 3.39. The highest BCUT2D eigenvalue weighted by molar-refractivity contribution is 5.40. The molecule has 2 aromatic rings. The molecule has 0 unspecified atom stereocenters. The summed E-state index contributed by atoms with van der Waals surface area (Å²) < 4.78 is 0. The van der Waals surface area contributed by atoms with Crippen LogP contribution in [0.15, 0.2) is 48.5 Å². The highest BCUT2D eigenvalue weighted by Crippen LogP contribution is 2.28. The van der Waals surface area contributed by atoms with E-state index in [1.165, 1.54) is 48.4 Å². The van der Waals surface area contributed by atoms with Crippen molar-refractivity contribution in [3.8, 4) is 0 Å². The van der Waals surface area contributed by atoms with E-state index in [1.807, 2.05) is 0 Å². The standard InChI is InChI=1S/C21H27N3/c1-23-12-14-24(15-13-23)16-17-6-8-19(9-7-17)21-20-5-3-2-4-18(20)10-11-22-21/h2-9,21-22H,10-16H2,1H3/t21-/m0/s1. The molecule has 2 heterocycles. The second kappa shape index (κ2) is 7.06. The molecule has 126 valence electrons. The Kier molecular flexibility index (Phi) is 4.65. The summed E-state index contributed by atoms with van der Waals surface area (Å²) >= 11 is 0. The minimum Gasteiger partial charge on any atom is -0.306 e. The normalized spacial score (nSPS) is 22.3. The fraction of sp³-hybridized carbons (Fsp3) is 0.429. The second-order valence-electron chi connectivity index (χ2n) is 7.16. The number of fused-ring (bicyclic) bond motifs is 1. The van der Waals surface area contributed by atoms with Gasteiger partial charge in [0.05, 0.1) is 6.04 Å². The van der Waals surface area contributed by atoms with Crippen LogP contribution >= 0.6 is 0 Å². The Balaban J connectivity index is 1.47. The van der Waals surface area contributed by atoms with Gasteiger partial charge in [0, 0.05) is 39.3 Å². The Labute approximate surface area is 145 Å². The zero-order chi connectivity index (χ0) is 16.4. The molecule has 0 aliphatic carbocycles. The number of piperazine rings is 1. The minimum atomic E-state index is 0.340. The zero-order valence-electron chi connectivity index (χ0n) is 14.5. The summed E-state index contributed by atoms with van der Waals surface area (Å²) in [5.74, 6) is 0. The largest absolute Gasteiger partial charge is 0.306 e. The van der Waals surface area contributed by atoms with E-state index in [9.17, 15) is 0 Å². The molecule has 1 saturated heterocycles. The van der Waals surface area contributed by atoms with Crippen molar-refractivity contribution in [1.82, 2.24) is 15.1 Å². The number of nitrogens with one attached hydrogen (secondary N) is 1. The minimum absolute atomic E-state index is 0.340. The van der Waals surface area contributed by atoms with Gasteiger partial charge in [-0.1, -0.05) is 48.5 Å². The highest BCUT2D eigenvalue weighted by atomic mass is 15.2. The van der Waals surface area contributed by atoms with Crippen LogP contribution in [-0.2, 0) is 13.0 Å². The van der Waals surface area contributed by atoms with Crippen LogP contribution in [0.25, 0.3) is 0 Å². The average molecular weight is 321 g/mol. The van der Waals surface area contributed by atoms with E-state index in [2.05, 4.69) is 70.7 Å². The lowest BCUT2D eigenvalue weighted by Crippen LogP contribution is -2.43. The van der Waals surface area contributed by atoms with E-state index in [1.54, 1.807) is 0 Å². The van der Waals surface area contributed by atoms with Crippen molar-refractivity contribution in [1.29, 1.82) is 0 Å². The van der Waals surface area contributed by atoms with Crippen LogP contribution in [0, 0.1) is 0 Å². The third-order valence-corrected chi connectivity index (χ3v) is 5.42. The maximum Gasteiger partial charge on any atom is 0.0579 e. The second-order valence-corrected chi connectivity index (χ2v) is 7.16. The molecule has 3 nitrogen and oxygen atoms in total. The first kappa shape index (κ1) is 15.8. The summed E-state index contributed by atoms with van der Waals surface area (Å²) in [5, 5.41) is 3.68. The van der Waals surface area contributed by atoms with Crippen LogP contribution in [0.2, 0.25) is 0 Å². The first-order valence-electron chi connectivity index (χ1n) is 9.10. The quantitative estimate of drug-likeness (QED) is 0.938. The van der Waals surface area contributed by atoms with Crippen molar-refractivity contribution >= 4 is 0 Å². The van der Waals surface area contributed by atoms with Gasteiger partial charge in [0.25, 0.3) is 0 Å². The first-order valence-corrected chi connectivity index (χ1v) is 9.10. The van der Waals surface area contributed by atoms with E-state index in [0.29, 0.717) is 6.04 Å². The monoisotopic (exact) mass is 321 g/mol. The molecular formula is C21H27N3. The molecule has 2 aliphatic rings. The number of benzene rings is 2. The van der Waals surface area contributed by atoms with Crippen LogP contribution in [0.4, 0.5) is 0 Å². The maximum atomic E-state index is 3.68. The Bertz CT molecular complexity index is 672. The van der Waals surface area contributed by atoms with Gasteiger partial charge >= 0.3 is 0 Å². The van der Waals surface area contributed by atoms with Gasteiger partial charge in [-0.25, -0.2) is 0 Å². The topological polar surface area (TPSA) is 18.5 Å². The summed E-state index contributed by atoms with van der Waals surface area (Å²) in [4.78, 5) is 4.97. The van der Waals surface area contributed by atoms with E-state index in [0.717, 1.165) is 19.5 Å². The predicted octanol–water partition coefficient (Wildman–Crippen LogP) is 2.67. The maximum absolute atomic E-state index is 3.68. The molecular weight excluding hydrogens is 294 g/mol. The average Bonchev–Trinajstić information content (AvgIpc) is 2.64. The molecule has 1 atom stereocenters. The molecule has 24 heavy (non-hydrogen) atoms. The van der Waals surface area contributed by atoms with Crippen LogP contribution in [0.1, 0.15) is 28.3 Å². The molecule has 0 aromatic heterocycles. The molecule has 0 bridgehead atoms. The SMILES string of the molecule is CN1CCN(Cc2ccc([C@@H]3NCCc4ccccc43)cc2)CC1. The highest BCUT2D eigenvalue weighted by Gasteiger charge is 2.20. The Morgan fingerprint density at radius 2 is 1.71 bits per heavy atom. The number of likely N-dealkylation sites (N-methyl/N-ethyl adjacent to an activating group) is 1. The van der Waals surface area contributed by atoms with Crippen molar-refractivity contribution < 1.29 is 0 Å². The summed E-state index contributed by atoms with van der Waals surface area (Å²) in [6.45, 7) is 6.85. The molecule has 3 heteroatoms. The van der Waals surface area contributed by atoms with Gasteiger partial charge in [0.1, 0.15) is 0 Å². The van der Waals surface area contributed by atoms with Gasteiger partial charge in [0.2, 0.25) is 0 Å². The first-order chi connectivity index (χ1) is 11.8. The summed E-state index contributed by atoms with van der Waals surface area (Å²) in [6.07, 6.45) is 1.13. The number of hydrogen-bond donors (Lipinski definition) is 1. The molecule has 0 radical (unpaired) electrons. The number of nitrogens with zero attached hydrogens (tertiary/aromatic N) is 2. The van der Waals surface area contributed by atoms with Crippen molar-refractivity contribution in [3.05, 3.63) is 70.8 Å². The van der Waals surface area contributed by atoms with Gasteiger partial charge in [0.15, 0.2) is 0 Å². The molecule has 0 saturated carbocycles. The van der Waals surface area contributed by atoms with Gasteiger partial charge in [-0.15, -0.1) is 0 Å². The molecule has 2 aromatic carbocycles. The lowest BCUT2D eigenvalue weighted by molar-refractivity contribution is 0.148. The fourth-order valence-electron chi connectivity index (χ4n) is 3.88. The van der Waals surface area contributed by atoms with Crippen LogP contribution < -0.4 is 5.32 Å². The summed E-state index contributed by atoms with van der Waals surface area (Å²) in [7, 11) is 2.21. The molecule has 0 amide bonds. The number of rotatable bonds is 3. The van der Waals surface area contributed by atoms with Gasteiger partial charge < -0.3 is 10.2 Å². The molecule has 2 aliphatic heterocycles. The van der Waals surface area contributed by atoms with Crippen molar-refractivity contribution in [2.45, 2.75) is 19.0 Å².